The van der Waals surface area contributed by atoms with Crippen molar-refractivity contribution in [1.29, 1.82) is 0 Å². The third kappa shape index (κ3) is 3.65. The predicted molar refractivity (Wildman–Crippen MR) is 108 cm³/mol. The van der Waals surface area contributed by atoms with Crippen molar-refractivity contribution in [2.75, 3.05) is 14.2 Å². The second-order valence-corrected chi connectivity index (χ2v) is 6.28. The third-order valence-electron chi connectivity index (χ3n) is 4.52. The van der Waals surface area contributed by atoms with E-state index in [0.29, 0.717) is 12.1 Å². The van der Waals surface area contributed by atoms with E-state index in [1.807, 2.05) is 36.4 Å². The van der Waals surface area contributed by atoms with E-state index in [2.05, 4.69) is 42.3 Å². The average Bonchev–Trinajstić information content (AvgIpc) is 3.07. The molecule has 0 unspecified atom stereocenters. The summed E-state index contributed by atoms with van der Waals surface area (Å²) >= 11 is 0. The van der Waals surface area contributed by atoms with E-state index < -0.39 is 0 Å². The van der Waals surface area contributed by atoms with Gasteiger partial charge in [-0.05, 0) is 48.4 Å². The van der Waals surface area contributed by atoms with Gasteiger partial charge in [-0.15, -0.1) is 6.58 Å². The maximum atomic E-state index is 12.5. The standard InChI is InChI=1S/C23H23NO3/c1-5-14-24-21(17-8-6-16(2)7-9-17)15-20(23(25)27-4)22(24)18-10-12-19(26-3)13-11-18/h5-13,15H,1,14H2,2-4H3. The van der Waals surface area contributed by atoms with Gasteiger partial charge in [0.25, 0.3) is 0 Å². The van der Waals surface area contributed by atoms with Crippen LogP contribution in [-0.4, -0.2) is 24.8 Å². The van der Waals surface area contributed by atoms with Crippen LogP contribution in [0.1, 0.15) is 15.9 Å². The second-order valence-electron chi connectivity index (χ2n) is 6.28. The van der Waals surface area contributed by atoms with Gasteiger partial charge in [-0.3, -0.25) is 0 Å². The second kappa shape index (κ2) is 7.96. The van der Waals surface area contributed by atoms with E-state index in [0.717, 1.165) is 28.3 Å². The molecule has 0 spiro atoms. The predicted octanol–water partition coefficient (Wildman–Crippen LogP) is 5.11. The van der Waals surface area contributed by atoms with Crippen molar-refractivity contribution < 1.29 is 14.3 Å². The van der Waals surface area contributed by atoms with Crippen LogP contribution < -0.4 is 4.74 Å². The number of aryl methyl sites for hydroxylation is 1. The SMILES string of the molecule is C=CCn1c(-c2ccc(C)cc2)cc(C(=O)OC)c1-c1ccc(OC)cc1. The first-order chi connectivity index (χ1) is 13.1. The van der Waals surface area contributed by atoms with Crippen LogP contribution in [0.15, 0.2) is 67.3 Å². The molecule has 0 fully saturated rings. The van der Waals surface area contributed by atoms with Gasteiger partial charge in [-0.2, -0.15) is 0 Å². The molecule has 138 valence electrons. The Hall–Kier alpha value is -3.27. The van der Waals surface area contributed by atoms with Gasteiger partial charge in [0, 0.05) is 12.2 Å². The van der Waals surface area contributed by atoms with E-state index in [9.17, 15) is 4.79 Å². The Labute approximate surface area is 159 Å². The minimum Gasteiger partial charge on any atom is -0.497 e. The van der Waals surface area contributed by atoms with E-state index >= 15 is 0 Å². The number of esters is 1. The first-order valence-corrected chi connectivity index (χ1v) is 8.73. The van der Waals surface area contributed by atoms with Crippen molar-refractivity contribution >= 4 is 5.97 Å². The van der Waals surface area contributed by atoms with Crippen molar-refractivity contribution in [3.8, 4) is 28.3 Å². The number of allylic oxidation sites excluding steroid dienone is 1. The molecule has 0 atom stereocenters. The van der Waals surface area contributed by atoms with Crippen molar-refractivity contribution in [2.45, 2.75) is 13.5 Å². The first-order valence-electron chi connectivity index (χ1n) is 8.73. The molecule has 1 heterocycles. The number of ether oxygens (including phenoxy) is 2. The summed E-state index contributed by atoms with van der Waals surface area (Å²) in [5.74, 6) is 0.399. The van der Waals surface area contributed by atoms with Crippen molar-refractivity contribution in [1.82, 2.24) is 4.57 Å². The minimum absolute atomic E-state index is 0.364. The zero-order valence-electron chi connectivity index (χ0n) is 15.9. The van der Waals surface area contributed by atoms with Gasteiger partial charge in [0.15, 0.2) is 0 Å². The molecule has 0 N–H and O–H groups in total. The molecule has 0 aliphatic carbocycles. The zero-order chi connectivity index (χ0) is 19.4. The van der Waals surface area contributed by atoms with Crippen LogP contribution in [0.3, 0.4) is 0 Å². The summed E-state index contributed by atoms with van der Waals surface area (Å²) in [7, 11) is 3.03. The van der Waals surface area contributed by atoms with Crippen LogP contribution >= 0.6 is 0 Å². The molecule has 0 saturated heterocycles. The number of carbonyl (C=O) groups is 1. The summed E-state index contributed by atoms with van der Waals surface area (Å²) in [6, 6.07) is 17.8. The normalized spacial score (nSPS) is 10.5. The molecule has 0 amide bonds. The van der Waals surface area contributed by atoms with Crippen molar-refractivity contribution in [2.24, 2.45) is 0 Å². The fourth-order valence-corrected chi connectivity index (χ4v) is 3.16. The summed E-state index contributed by atoms with van der Waals surface area (Å²) in [6.07, 6.45) is 1.83. The van der Waals surface area contributed by atoms with E-state index in [1.54, 1.807) is 7.11 Å². The highest BCUT2D eigenvalue weighted by Crippen LogP contribution is 2.34. The molecule has 0 aliphatic heterocycles. The molecule has 0 saturated carbocycles. The molecule has 27 heavy (non-hydrogen) atoms. The lowest BCUT2D eigenvalue weighted by atomic mass is 10.1. The highest BCUT2D eigenvalue weighted by atomic mass is 16.5. The highest BCUT2D eigenvalue weighted by Gasteiger charge is 2.22. The summed E-state index contributed by atoms with van der Waals surface area (Å²) in [4.78, 5) is 12.5. The van der Waals surface area contributed by atoms with Crippen LogP contribution in [0.2, 0.25) is 0 Å². The van der Waals surface area contributed by atoms with Crippen LogP contribution in [0.4, 0.5) is 0 Å². The van der Waals surface area contributed by atoms with Gasteiger partial charge in [0.2, 0.25) is 0 Å². The first kappa shape index (κ1) is 18.5. The van der Waals surface area contributed by atoms with E-state index in [4.69, 9.17) is 9.47 Å². The Kier molecular flexibility index (Phi) is 5.46. The van der Waals surface area contributed by atoms with Gasteiger partial charge < -0.3 is 14.0 Å². The highest BCUT2D eigenvalue weighted by molar-refractivity contribution is 5.98. The van der Waals surface area contributed by atoms with Gasteiger partial charge in [0.05, 0.1) is 25.5 Å². The monoisotopic (exact) mass is 361 g/mol. The summed E-state index contributed by atoms with van der Waals surface area (Å²) in [5.41, 5.74) is 5.41. The fraction of sp³-hybridized carbons (Fsp3) is 0.174. The Balaban J connectivity index is 2.26. The van der Waals surface area contributed by atoms with Gasteiger partial charge in [0.1, 0.15) is 5.75 Å². The summed E-state index contributed by atoms with van der Waals surface area (Å²) in [5, 5.41) is 0. The minimum atomic E-state index is -0.364. The Morgan fingerprint density at radius 1 is 1.04 bits per heavy atom. The Morgan fingerprint density at radius 3 is 2.22 bits per heavy atom. The number of carbonyl (C=O) groups excluding carboxylic acids is 1. The smallest absolute Gasteiger partial charge is 0.340 e. The number of rotatable bonds is 6. The Bertz CT molecular complexity index is 951. The van der Waals surface area contributed by atoms with Crippen molar-refractivity contribution in [3.05, 3.63) is 78.4 Å². The fourth-order valence-electron chi connectivity index (χ4n) is 3.16. The number of nitrogens with zero attached hydrogens (tertiary/aromatic N) is 1. The molecule has 3 rings (SSSR count). The molecule has 0 bridgehead atoms. The molecule has 4 nitrogen and oxygen atoms in total. The van der Waals surface area contributed by atoms with Gasteiger partial charge in [-0.1, -0.05) is 35.9 Å². The third-order valence-corrected chi connectivity index (χ3v) is 4.52. The Morgan fingerprint density at radius 2 is 1.67 bits per heavy atom. The number of aromatic nitrogens is 1. The van der Waals surface area contributed by atoms with Gasteiger partial charge in [-0.25, -0.2) is 4.79 Å². The van der Waals surface area contributed by atoms with E-state index in [-0.39, 0.29) is 5.97 Å². The lowest BCUT2D eigenvalue weighted by Gasteiger charge is -2.13. The number of methoxy groups -OCH3 is 2. The number of hydrogen-bond donors (Lipinski definition) is 0. The maximum Gasteiger partial charge on any atom is 0.340 e. The zero-order valence-corrected chi connectivity index (χ0v) is 15.9. The number of hydrogen-bond acceptors (Lipinski definition) is 3. The average molecular weight is 361 g/mol. The van der Waals surface area contributed by atoms with Crippen LogP contribution in [-0.2, 0) is 11.3 Å². The maximum absolute atomic E-state index is 12.5. The lowest BCUT2D eigenvalue weighted by Crippen LogP contribution is -2.05. The molecular weight excluding hydrogens is 338 g/mol. The van der Waals surface area contributed by atoms with Gasteiger partial charge >= 0.3 is 5.97 Å². The van der Waals surface area contributed by atoms with Crippen LogP contribution in [0, 0.1) is 6.92 Å². The molecule has 1 aromatic heterocycles. The molecule has 2 aromatic carbocycles. The topological polar surface area (TPSA) is 40.5 Å². The summed E-state index contributed by atoms with van der Waals surface area (Å²) < 4.78 is 12.4. The number of benzene rings is 2. The van der Waals surface area contributed by atoms with Crippen molar-refractivity contribution in [3.63, 3.8) is 0 Å². The molecular formula is C23H23NO3. The lowest BCUT2D eigenvalue weighted by molar-refractivity contribution is 0.0601. The summed E-state index contributed by atoms with van der Waals surface area (Å²) in [6.45, 7) is 6.51. The quantitative estimate of drug-likeness (QED) is 0.452. The van der Waals surface area contributed by atoms with E-state index in [1.165, 1.54) is 12.7 Å². The largest absolute Gasteiger partial charge is 0.497 e. The van der Waals surface area contributed by atoms with Crippen LogP contribution in [0.5, 0.6) is 5.75 Å². The molecule has 4 heteroatoms. The molecule has 0 radical (unpaired) electrons. The molecule has 3 aromatic rings. The van der Waals surface area contributed by atoms with Crippen LogP contribution in [0.25, 0.3) is 22.5 Å². The molecule has 0 aliphatic rings.